The molecular weight excluding hydrogens is 282 g/mol. The summed E-state index contributed by atoms with van der Waals surface area (Å²) in [5.74, 6) is 1.53. The lowest BCUT2D eigenvalue weighted by Crippen LogP contribution is -2.45. The van der Waals surface area contributed by atoms with Gasteiger partial charge < -0.3 is 19.7 Å². The predicted octanol–water partition coefficient (Wildman–Crippen LogP) is 2.42. The molecule has 1 atom stereocenters. The molecule has 2 amide bonds. The molecule has 0 aromatic heterocycles. The van der Waals surface area contributed by atoms with Gasteiger partial charge in [0.1, 0.15) is 0 Å². The van der Waals surface area contributed by atoms with Gasteiger partial charge in [0.25, 0.3) is 0 Å². The SMILES string of the molecule is CC(NC(=O)N1CCC(C#N)CC1)c1ccc2c(c1)OCO2. The highest BCUT2D eigenvalue weighted by molar-refractivity contribution is 5.74. The lowest BCUT2D eigenvalue weighted by atomic mass is 9.99. The Balaban J connectivity index is 1.58. The van der Waals surface area contributed by atoms with Crippen molar-refractivity contribution >= 4 is 6.03 Å². The highest BCUT2D eigenvalue weighted by Gasteiger charge is 2.24. The van der Waals surface area contributed by atoms with E-state index in [4.69, 9.17) is 14.7 Å². The molecule has 2 aliphatic rings. The highest BCUT2D eigenvalue weighted by atomic mass is 16.7. The van der Waals surface area contributed by atoms with Crippen molar-refractivity contribution in [3.63, 3.8) is 0 Å². The first-order valence-corrected chi connectivity index (χ1v) is 7.52. The van der Waals surface area contributed by atoms with Crippen molar-refractivity contribution < 1.29 is 14.3 Å². The lowest BCUT2D eigenvalue weighted by Gasteiger charge is -2.30. The van der Waals surface area contributed by atoms with Gasteiger partial charge in [-0.3, -0.25) is 0 Å². The van der Waals surface area contributed by atoms with Gasteiger partial charge >= 0.3 is 6.03 Å². The highest BCUT2D eigenvalue weighted by Crippen LogP contribution is 2.34. The van der Waals surface area contributed by atoms with Gasteiger partial charge in [-0.2, -0.15) is 5.26 Å². The summed E-state index contributed by atoms with van der Waals surface area (Å²) in [5.41, 5.74) is 0.976. The van der Waals surface area contributed by atoms with Gasteiger partial charge in [-0.15, -0.1) is 0 Å². The zero-order valence-electron chi connectivity index (χ0n) is 12.5. The van der Waals surface area contributed by atoms with Crippen molar-refractivity contribution in [2.75, 3.05) is 19.9 Å². The Morgan fingerprint density at radius 2 is 2.09 bits per heavy atom. The van der Waals surface area contributed by atoms with Crippen LogP contribution in [0.15, 0.2) is 18.2 Å². The fourth-order valence-electron chi connectivity index (χ4n) is 2.75. The molecule has 116 valence electrons. The van der Waals surface area contributed by atoms with Crippen LogP contribution in [0.5, 0.6) is 11.5 Å². The Kier molecular flexibility index (Phi) is 4.05. The summed E-state index contributed by atoms with van der Waals surface area (Å²) in [6, 6.07) is 7.76. The Hall–Kier alpha value is -2.42. The third-order valence-corrected chi connectivity index (χ3v) is 4.20. The van der Waals surface area contributed by atoms with Crippen LogP contribution in [-0.2, 0) is 0 Å². The molecule has 1 aromatic rings. The maximum atomic E-state index is 12.3. The van der Waals surface area contributed by atoms with Crippen LogP contribution < -0.4 is 14.8 Å². The number of carbonyl (C=O) groups is 1. The first-order valence-electron chi connectivity index (χ1n) is 7.52. The van der Waals surface area contributed by atoms with Gasteiger partial charge in [-0.25, -0.2) is 4.79 Å². The van der Waals surface area contributed by atoms with Crippen molar-refractivity contribution in [3.05, 3.63) is 23.8 Å². The summed E-state index contributed by atoms with van der Waals surface area (Å²) >= 11 is 0. The van der Waals surface area contributed by atoms with Crippen LogP contribution in [0.4, 0.5) is 4.79 Å². The molecule has 0 bridgehead atoms. The molecule has 22 heavy (non-hydrogen) atoms. The zero-order valence-corrected chi connectivity index (χ0v) is 12.5. The summed E-state index contributed by atoms with van der Waals surface area (Å²) in [4.78, 5) is 14.1. The number of hydrogen-bond acceptors (Lipinski definition) is 4. The van der Waals surface area contributed by atoms with Crippen LogP contribution in [0.25, 0.3) is 0 Å². The molecule has 1 N–H and O–H groups in total. The second-order valence-electron chi connectivity index (χ2n) is 5.67. The van der Waals surface area contributed by atoms with E-state index in [-0.39, 0.29) is 24.8 Å². The van der Waals surface area contributed by atoms with Crippen molar-refractivity contribution in [1.82, 2.24) is 10.2 Å². The molecule has 0 radical (unpaired) electrons. The first-order chi connectivity index (χ1) is 10.7. The number of fused-ring (bicyclic) bond motifs is 1. The van der Waals surface area contributed by atoms with E-state index in [1.165, 1.54) is 0 Å². The number of nitrogens with zero attached hydrogens (tertiary/aromatic N) is 2. The largest absolute Gasteiger partial charge is 0.454 e. The van der Waals surface area contributed by atoms with Crippen LogP contribution in [0.1, 0.15) is 31.4 Å². The second-order valence-corrected chi connectivity index (χ2v) is 5.67. The summed E-state index contributed by atoms with van der Waals surface area (Å²) in [7, 11) is 0. The van der Waals surface area contributed by atoms with Crippen LogP contribution in [0.3, 0.4) is 0 Å². The Morgan fingerprint density at radius 1 is 1.36 bits per heavy atom. The van der Waals surface area contributed by atoms with Crippen molar-refractivity contribution in [2.45, 2.75) is 25.8 Å². The van der Waals surface area contributed by atoms with E-state index in [0.29, 0.717) is 18.8 Å². The molecule has 1 fully saturated rings. The third-order valence-electron chi connectivity index (χ3n) is 4.20. The fourth-order valence-corrected chi connectivity index (χ4v) is 2.75. The number of nitriles is 1. The van der Waals surface area contributed by atoms with Gasteiger partial charge in [0.05, 0.1) is 12.1 Å². The lowest BCUT2D eigenvalue weighted by molar-refractivity contribution is 0.173. The van der Waals surface area contributed by atoms with Crippen molar-refractivity contribution in [3.8, 4) is 17.6 Å². The minimum Gasteiger partial charge on any atom is -0.454 e. The average Bonchev–Trinajstić information content (AvgIpc) is 3.02. The summed E-state index contributed by atoms with van der Waals surface area (Å²) < 4.78 is 10.6. The molecule has 6 heteroatoms. The molecule has 2 aliphatic heterocycles. The Morgan fingerprint density at radius 3 is 2.82 bits per heavy atom. The molecule has 0 spiro atoms. The van der Waals surface area contributed by atoms with E-state index in [2.05, 4.69) is 11.4 Å². The van der Waals surface area contributed by atoms with Gasteiger partial charge in [-0.1, -0.05) is 6.07 Å². The number of amides is 2. The normalized spacial score (nSPS) is 18.6. The van der Waals surface area contributed by atoms with Gasteiger partial charge in [0.15, 0.2) is 11.5 Å². The van der Waals surface area contributed by atoms with Gasteiger partial charge in [-0.05, 0) is 37.5 Å². The number of urea groups is 1. The van der Waals surface area contributed by atoms with Crippen LogP contribution in [0, 0.1) is 17.2 Å². The molecule has 6 nitrogen and oxygen atoms in total. The molecule has 1 saturated heterocycles. The number of nitrogens with one attached hydrogen (secondary N) is 1. The predicted molar refractivity (Wildman–Crippen MR) is 79.4 cm³/mol. The minimum atomic E-state index is -0.115. The Labute approximate surface area is 129 Å². The molecule has 3 rings (SSSR count). The minimum absolute atomic E-state index is 0.0790. The number of benzene rings is 1. The van der Waals surface area contributed by atoms with Gasteiger partial charge in [0, 0.05) is 19.0 Å². The van der Waals surface area contributed by atoms with E-state index in [9.17, 15) is 4.79 Å². The Bertz CT molecular complexity index is 603. The van der Waals surface area contributed by atoms with Crippen molar-refractivity contribution in [1.29, 1.82) is 5.26 Å². The van der Waals surface area contributed by atoms with Crippen molar-refractivity contribution in [2.24, 2.45) is 5.92 Å². The fraction of sp³-hybridized carbons (Fsp3) is 0.500. The monoisotopic (exact) mass is 301 g/mol. The van der Waals surface area contributed by atoms with E-state index in [1.54, 1.807) is 4.90 Å². The standard InChI is InChI=1S/C16H19N3O3/c1-11(13-2-3-14-15(8-13)22-10-21-14)18-16(20)19-6-4-12(9-17)5-7-19/h2-3,8,11-12H,4-7,10H2,1H3,(H,18,20). The number of hydrogen-bond donors (Lipinski definition) is 1. The number of likely N-dealkylation sites (tertiary alicyclic amines) is 1. The number of piperidine rings is 1. The van der Waals surface area contributed by atoms with E-state index < -0.39 is 0 Å². The molecule has 1 unspecified atom stereocenters. The molecule has 0 aliphatic carbocycles. The number of ether oxygens (including phenoxy) is 2. The molecule has 0 saturated carbocycles. The maximum absolute atomic E-state index is 12.3. The van der Waals surface area contributed by atoms with Crippen LogP contribution in [0.2, 0.25) is 0 Å². The van der Waals surface area contributed by atoms with Crippen LogP contribution in [-0.4, -0.2) is 30.8 Å². The quantitative estimate of drug-likeness (QED) is 0.910. The van der Waals surface area contributed by atoms with Crippen LogP contribution >= 0.6 is 0 Å². The molecule has 1 aromatic carbocycles. The first kappa shape index (κ1) is 14.5. The maximum Gasteiger partial charge on any atom is 0.317 e. The summed E-state index contributed by atoms with van der Waals surface area (Å²) in [6.07, 6.45) is 1.50. The van der Waals surface area contributed by atoms with E-state index >= 15 is 0 Å². The van der Waals surface area contributed by atoms with E-state index in [1.807, 2.05) is 25.1 Å². The molecule has 2 heterocycles. The third kappa shape index (κ3) is 2.93. The zero-order chi connectivity index (χ0) is 15.5. The van der Waals surface area contributed by atoms with Gasteiger partial charge in [0.2, 0.25) is 6.79 Å². The summed E-state index contributed by atoms with van der Waals surface area (Å²) in [6.45, 7) is 3.46. The smallest absolute Gasteiger partial charge is 0.317 e. The summed E-state index contributed by atoms with van der Waals surface area (Å²) in [5, 5.41) is 11.9. The average molecular weight is 301 g/mol. The number of rotatable bonds is 2. The van der Waals surface area contributed by atoms with E-state index in [0.717, 1.165) is 24.2 Å². The topological polar surface area (TPSA) is 74.6 Å². The molecular formula is C16H19N3O3. The number of carbonyl (C=O) groups excluding carboxylic acids is 1. The second kappa shape index (κ2) is 6.14.